The molecule has 0 amide bonds. The van der Waals surface area contributed by atoms with E-state index < -0.39 is 0 Å². The Bertz CT molecular complexity index is 339. The minimum Gasteiger partial charge on any atom is -0.0922 e. The SMILES string of the molecule is CCC(C)(CBr)Cc1c(C)cc(C)cc1C. The van der Waals surface area contributed by atoms with Crippen LogP contribution in [0, 0.1) is 26.2 Å². The summed E-state index contributed by atoms with van der Waals surface area (Å²) in [6.45, 7) is 11.3. The van der Waals surface area contributed by atoms with Gasteiger partial charge in [-0.05, 0) is 55.7 Å². The first-order valence-corrected chi connectivity index (χ1v) is 7.16. The number of rotatable bonds is 4. The second-order valence-corrected chi connectivity index (χ2v) is 5.91. The molecule has 1 rings (SSSR count). The van der Waals surface area contributed by atoms with Crippen LogP contribution < -0.4 is 0 Å². The molecule has 0 saturated heterocycles. The molecule has 0 heterocycles. The summed E-state index contributed by atoms with van der Waals surface area (Å²) in [5.74, 6) is 0. The predicted octanol–water partition coefficient (Wildman–Crippen LogP) is 4.97. The molecule has 0 N–H and O–H groups in total. The number of halogens is 1. The second-order valence-electron chi connectivity index (χ2n) is 5.35. The fourth-order valence-electron chi connectivity index (χ4n) is 2.18. The van der Waals surface area contributed by atoms with Crippen LogP contribution in [0.5, 0.6) is 0 Å². The van der Waals surface area contributed by atoms with Crippen molar-refractivity contribution in [2.45, 2.75) is 47.5 Å². The van der Waals surface area contributed by atoms with Crippen molar-refractivity contribution in [1.29, 1.82) is 0 Å². The molecule has 0 aromatic heterocycles. The summed E-state index contributed by atoms with van der Waals surface area (Å²) in [6.07, 6.45) is 2.39. The van der Waals surface area contributed by atoms with Gasteiger partial charge in [-0.2, -0.15) is 0 Å². The van der Waals surface area contributed by atoms with Crippen LogP contribution >= 0.6 is 15.9 Å². The largest absolute Gasteiger partial charge is 0.0922 e. The Morgan fingerprint density at radius 3 is 2.00 bits per heavy atom. The minimum atomic E-state index is 0.380. The Balaban J connectivity index is 3.06. The summed E-state index contributed by atoms with van der Waals surface area (Å²) >= 11 is 3.65. The van der Waals surface area contributed by atoms with Crippen LogP contribution in [0.4, 0.5) is 0 Å². The van der Waals surface area contributed by atoms with Crippen molar-refractivity contribution in [1.82, 2.24) is 0 Å². The van der Waals surface area contributed by atoms with Gasteiger partial charge < -0.3 is 0 Å². The lowest BCUT2D eigenvalue weighted by Gasteiger charge is -2.27. The molecule has 0 spiro atoms. The van der Waals surface area contributed by atoms with Gasteiger partial charge in [-0.25, -0.2) is 0 Å². The van der Waals surface area contributed by atoms with Crippen molar-refractivity contribution >= 4 is 15.9 Å². The van der Waals surface area contributed by atoms with Crippen LogP contribution in [0.25, 0.3) is 0 Å². The van der Waals surface area contributed by atoms with Gasteiger partial charge in [0.05, 0.1) is 0 Å². The van der Waals surface area contributed by atoms with Gasteiger partial charge in [-0.15, -0.1) is 0 Å². The third-order valence-corrected chi connectivity index (χ3v) is 4.97. The number of alkyl halides is 1. The summed E-state index contributed by atoms with van der Waals surface area (Å²) in [5.41, 5.74) is 6.17. The molecule has 1 unspecified atom stereocenters. The summed E-state index contributed by atoms with van der Waals surface area (Å²) < 4.78 is 0. The number of hydrogen-bond donors (Lipinski definition) is 0. The quantitative estimate of drug-likeness (QED) is 0.685. The zero-order valence-electron chi connectivity index (χ0n) is 11.2. The molecule has 1 aromatic rings. The number of aryl methyl sites for hydroxylation is 3. The maximum atomic E-state index is 3.65. The van der Waals surface area contributed by atoms with Gasteiger partial charge in [-0.3, -0.25) is 0 Å². The van der Waals surface area contributed by atoms with Gasteiger partial charge in [0.1, 0.15) is 0 Å². The van der Waals surface area contributed by atoms with Gasteiger partial charge in [-0.1, -0.05) is 47.5 Å². The topological polar surface area (TPSA) is 0 Å². The van der Waals surface area contributed by atoms with Crippen molar-refractivity contribution < 1.29 is 0 Å². The van der Waals surface area contributed by atoms with E-state index in [0.29, 0.717) is 5.41 Å². The standard InChI is InChI=1S/C15H23Br/c1-6-15(5,10-16)9-14-12(3)7-11(2)8-13(14)4/h7-8H,6,9-10H2,1-5H3. The Labute approximate surface area is 109 Å². The van der Waals surface area contributed by atoms with Crippen molar-refractivity contribution in [2.75, 3.05) is 5.33 Å². The number of hydrogen-bond acceptors (Lipinski definition) is 0. The van der Waals surface area contributed by atoms with Gasteiger partial charge in [0.2, 0.25) is 0 Å². The molecule has 90 valence electrons. The van der Waals surface area contributed by atoms with E-state index in [1.54, 1.807) is 0 Å². The summed E-state index contributed by atoms with van der Waals surface area (Å²) in [5, 5.41) is 1.07. The van der Waals surface area contributed by atoms with Crippen molar-refractivity contribution in [3.63, 3.8) is 0 Å². The van der Waals surface area contributed by atoms with E-state index in [1.807, 2.05) is 0 Å². The van der Waals surface area contributed by atoms with Gasteiger partial charge >= 0.3 is 0 Å². The van der Waals surface area contributed by atoms with E-state index in [0.717, 1.165) is 5.33 Å². The first-order valence-electron chi connectivity index (χ1n) is 6.04. The molecule has 0 fully saturated rings. The average molecular weight is 283 g/mol. The van der Waals surface area contributed by atoms with Crippen molar-refractivity contribution in [3.8, 4) is 0 Å². The van der Waals surface area contributed by atoms with Crippen LogP contribution in [0.15, 0.2) is 12.1 Å². The Morgan fingerprint density at radius 2 is 1.62 bits per heavy atom. The van der Waals surface area contributed by atoms with Crippen LogP contribution in [0.3, 0.4) is 0 Å². The van der Waals surface area contributed by atoms with E-state index in [-0.39, 0.29) is 0 Å². The van der Waals surface area contributed by atoms with Gasteiger partial charge in [0, 0.05) is 5.33 Å². The highest BCUT2D eigenvalue weighted by molar-refractivity contribution is 9.09. The first kappa shape index (κ1) is 13.8. The first-order chi connectivity index (χ1) is 7.41. The molecule has 1 atom stereocenters. The van der Waals surface area contributed by atoms with E-state index in [2.05, 4.69) is 62.7 Å². The van der Waals surface area contributed by atoms with Crippen molar-refractivity contribution in [3.05, 3.63) is 34.4 Å². The maximum Gasteiger partial charge on any atom is 0.00884 e. The zero-order valence-corrected chi connectivity index (χ0v) is 12.7. The molecule has 1 aromatic carbocycles. The molecule has 0 aliphatic rings. The molecule has 16 heavy (non-hydrogen) atoms. The molecule has 1 heteroatoms. The lowest BCUT2D eigenvalue weighted by Crippen LogP contribution is -2.21. The van der Waals surface area contributed by atoms with Crippen molar-refractivity contribution in [2.24, 2.45) is 5.41 Å². The van der Waals surface area contributed by atoms with E-state index in [1.165, 1.54) is 35.1 Å². The monoisotopic (exact) mass is 282 g/mol. The highest BCUT2D eigenvalue weighted by Crippen LogP contribution is 2.31. The predicted molar refractivity (Wildman–Crippen MR) is 76.5 cm³/mol. The average Bonchev–Trinajstić information content (AvgIpc) is 2.23. The summed E-state index contributed by atoms with van der Waals surface area (Å²) in [7, 11) is 0. The highest BCUT2D eigenvalue weighted by atomic mass is 79.9. The van der Waals surface area contributed by atoms with E-state index >= 15 is 0 Å². The van der Waals surface area contributed by atoms with Gasteiger partial charge in [0.15, 0.2) is 0 Å². The Kier molecular flexibility index (Phi) is 4.61. The van der Waals surface area contributed by atoms with Crippen LogP contribution in [0.2, 0.25) is 0 Å². The van der Waals surface area contributed by atoms with Crippen LogP contribution in [0.1, 0.15) is 42.5 Å². The third-order valence-electron chi connectivity index (χ3n) is 3.62. The second kappa shape index (κ2) is 5.35. The normalized spacial score (nSPS) is 14.9. The fraction of sp³-hybridized carbons (Fsp3) is 0.600. The molecule has 0 aliphatic heterocycles. The molecule has 0 radical (unpaired) electrons. The van der Waals surface area contributed by atoms with E-state index in [4.69, 9.17) is 0 Å². The Hall–Kier alpha value is -0.300. The van der Waals surface area contributed by atoms with Crippen LogP contribution in [-0.4, -0.2) is 5.33 Å². The zero-order chi connectivity index (χ0) is 12.3. The minimum absolute atomic E-state index is 0.380. The third kappa shape index (κ3) is 3.10. The van der Waals surface area contributed by atoms with E-state index in [9.17, 15) is 0 Å². The fourth-order valence-corrected chi connectivity index (χ4v) is 2.78. The summed E-state index contributed by atoms with van der Waals surface area (Å²) in [4.78, 5) is 0. The maximum absolute atomic E-state index is 3.65. The molecule has 0 saturated carbocycles. The lowest BCUT2D eigenvalue weighted by atomic mass is 9.80. The highest BCUT2D eigenvalue weighted by Gasteiger charge is 2.22. The molecule has 0 aliphatic carbocycles. The molecular weight excluding hydrogens is 260 g/mol. The molecule has 0 bridgehead atoms. The number of benzene rings is 1. The lowest BCUT2D eigenvalue weighted by molar-refractivity contribution is 0.360. The van der Waals surface area contributed by atoms with Gasteiger partial charge in [0.25, 0.3) is 0 Å². The smallest absolute Gasteiger partial charge is 0.00884 e. The van der Waals surface area contributed by atoms with Crippen LogP contribution in [-0.2, 0) is 6.42 Å². The molecular formula is C15H23Br. The summed E-state index contributed by atoms with van der Waals surface area (Å²) in [6, 6.07) is 4.60. The Morgan fingerprint density at radius 1 is 1.12 bits per heavy atom. The molecule has 0 nitrogen and oxygen atoms in total.